The fraction of sp³-hybridized carbons (Fsp3) is 0.350. The lowest BCUT2D eigenvalue weighted by Crippen LogP contribution is -2.48. The highest BCUT2D eigenvalue weighted by Crippen LogP contribution is 2.30. The lowest BCUT2D eigenvalue weighted by Gasteiger charge is -2.35. The van der Waals surface area contributed by atoms with Gasteiger partial charge in [0.15, 0.2) is 6.79 Å². The van der Waals surface area contributed by atoms with Gasteiger partial charge in [0.25, 0.3) is 5.91 Å². The number of hydrogen-bond acceptors (Lipinski definition) is 4. The second-order valence-corrected chi connectivity index (χ2v) is 6.61. The van der Waals surface area contributed by atoms with Crippen LogP contribution < -0.4 is 4.74 Å². The van der Waals surface area contributed by atoms with Gasteiger partial charge >= 0.3 is 0 Å². The van der Waals surface area contributed by atoms with Crippen LogP contribution in [0.15, 0.2) is 42.5 Å². The third-order valence-corrected chi connectivity index (χ3v) is 4.81. The van der Waals surface area contributed by atoms with E-state index in [9.17, 15) is 9.18 Å². The summed E-state index contributed by atoms with van der Waals surface area (Å²) in [6.45, 7) is 4.05. The van der Waals surface area contributed by atoms with Gasteiger partial charge in [-0.05, 0) is 17.7 Å². The number of nitrogens with zero attached hydrogens (tertiary/aromatic N) is 2. The van der Waals surface area contributed by atoms with Crippen molar-refractivity contribution >= 4 is 5.91 Å². The number of amides is 1. The Bertz CT molecular complexity index is 789. The van der Waals surface area contributed by atoms with Crippen LogP contribution >= 0.6 is 0 Å². The number of benzene rings is 2. The average molecular weight is 356 g/mol. The van der Waals surface area contributed by atoms with E-state index in [-0.39, 0.29) is 19.3 Å². The number of hydrogen-bond donors (Lipinski definition) is 0. The second-order valence-electron chi connectivity index (χ2n) is 6.61. The van der Waals surface area contributed by atoms with Crippen molar-refractivity contribution in [1.82, 2.24) is 9.80 Å². The van der Waals surface area contributed by atoms with Gasteiger partial charge in [-0.3, -0.25) is 9.69 Å². The topological polar surface area (TPSA) is 42.0 Å². The number of carbonyl (C=O) groups excluding carboxylic acids is 1. The van der Waals surface area contributed by atoms with Gasteiger partial charge in [-0.2, -0.15) is 0 Å². The normalized spacial score (nSPS) is 17.5. The first-order chi connectivity index (χ1) is 12.7. The van der Waals surface area contributed by atoms with Crippen LogP contribution in [-0.2, 0) is 17.9 Å². The summed E-state index contributed by atoms with van der Waals surface area (Å²) in [7, 11) is 0. The van der Waals surface area contributed by atoms with Crippen LogP contribution in [0.5, 0.6) is 5.75 Å². The lowest BCUT2D eigenvalue weighted by molar-refractivity contribution is -0.0173. The Hall–Kier alpha value is -2.44. The van der Waals surface area contributed by atoms with Crippen molar-refractivity contribution in [3.05, 3.63) is 65.0 Å². The van der Waals surface area contributed by atoms with Crippen molar-refractivity contribution < 1.29 is 18.7 Å². The van der Waals surface area contributed by atoms with E-state index in [2.05, 4.69) is 17.0 Å². The summed E-state index contributed by atoms with van der Waals surface area (Å²) >= 11 is 0. The van der Waals surface area contributed by atoms with Crippen molar-refractivity contribution in [2.45, 2.75) is 13.2 Å². The van der Waals surface area contributed by atoms with Gasteiger partial charge in [-0.25, -0.2) is 4.39 Å². The third-order valence-electron chi connectivity index (χ3n) is 4.81. The Kier molecular flexibility index (Phi) is 4.86. The first-order valence-electron chi connectivity index (χ1n) is 8.79. The molecule has 0 bridgehead atoms. The molecule has 1 fully saturated rings. The van der Waals surface area contributed by atoms with Crippen molar-refractivity contribution in [2.75, 3.05) is 33.0 Å². The SMILES string of the molecule is O=C(c1cc(F)cc2c1OCOC2)N1CCN(Cc2ccccc2)CC1. The number of ether oxygens (including phenoxy) is 2. The van der Waals surface area contributed by atoms with Crippen molar-refractivity contribution in [3.8, 4) is 5.75 Å². The molecule has 136 valence electrons. The highest BCUT2D eigenvalue weighted by atomic mass is 19.1. The van der Waals surface area contributed by atoms with E-state index in [0.717, 1.165) is 19.6 Å². The molecule has 1 saturated heterocycles. The van der Waals surface area contributed by atoms with Crippen molar-refractivity contribution in [1.29, 1.82) is 0 Å². The van der Waals surface area contributed by atoms with Gasteiger partial charge in [-0.1, -0.05) is 30.3 Å². The molecule has 0 spiro atoms. The minimum atomic E-state index is -0.441. The number of halogens is 1. The summed E-state index contributed by atoms with van der Waals surface area (Å²) in [4.78, 5) is 17.0. The largest absolute Gasteiger partial charge is 0.466 e. The summed E-state index contributed by atoms with van der Waals surface area (Å²) in [5, 5.41) is 0. The van der Waals surface area contributed by atoms with E-state index in [1.54, 1.807) is 4.90 Å². The Balaban J connectivity index is 1.43. The molecule has 6 heteroatoms. The van der Waals surface area contributed by atoms with Gasteiger partial charge in [0, 0.05) is 38.3 Å². The molecule has 0 aliphatic carbocycles. The fourth-order valence-electron chi connectivity index (χ4n) is 3.46. The zero-order valence-electron chi connectivity index (χ0n) is 14.5. The molecule has 0 N–H and O–H groups in total. The highest BCUT2D eigenvalue weighted by molar-refractivity contribution is 5.97. The molecule has 0 atom stereocenters. The molecule has 2 aliphatic rings. The first kappa shape index (κ1) is 17.0. The van der Waals surface area contributed by atoms with E-state index in [4.69, 9.17) is 9.47 Å². The lowest BCUT2D eigenvalue weighted by atomic mass is 10.1. The molecule has 0 unspecified atom stereocenters. The summed E-state index contributed by atoms with van der Waals surface area (Å²) in [6.07, 6.45) is 0. The smallest absolute Gasteiger partial charge is 0.257 e. The Labute approximate surface area is 151 Å². The number of piperazine rings is 1. The van der Waals surface area contributed by atoms with Crippen LogP contribution in [0.2, 0.25) is 0 Å². The molecule has 26 heavy (non-hydrogen) atoms. The van der Waals surface area contributed by atoms with Gasteiger partial charge in [-0.15, -0.1) is 0 Å². The maximum atomic E-state index is 13.9. The van der Waals surface area contributed by atoms with E-state index in [1.807, 2.05) is 18.2 Å². The van der Waals surface area contributed by atoms with Gasteiger partial charge < -0.3 is 14.4 Å². The summed E-state index contributed by atoms with van der Waals surface area (Å²) in [5.41, 5.74) is 2.14. The minimum absolute atomic E-state index is 0.0871. The Morgan fingerprint density at radius 3 is 2.62 bits per heavy atom. The molecule has 2 aromatic rings. The van der Waals surface area contributed by atoms with E-state index >= 15 is 0 Å². The first-order valence-corrected chi connectivity index (χ1v) is 8.79. The molecule has 2 aliphatic heterocycles. The Morgan fingerprint density at radius 2 is 1.85 bits per heavy atom. The molecule has 4 rings (SSSR count). The average Bonchev–Trinajstić information content (AvgIpc) is 2.68. The molecule has 2 heterocycles. The van der Waals surface area contributed by atoms with Crippen molar-refractivity contribution in [2.24, 2.45) is 0 Å². The summed E-state index contributed by atoms with van der Waals surface area (Å²) in [5.74, 6) is -0.166. The third kappa shape index (κ3) is 3.57. The monoisotopic (exact) mass is 356 g/mol. The van der Waals surface area contributed by atoms with Gasteiger partial charge in [0.2, 0.25) is 0 Å². The zero-order chi connectivity index (χ0) is 17.9. The van der Waals surface area contributed by atoms with Crippen LogP contribution in [0.4, 0.5) is 4.39 Å². The van der Waals surface area contributed by atoms with Crippen LogP contribution in [0.25, 0.3) is 0 Å². The number of carbonyl (C=O) groups is 1. The van der Waals surface area contributed by atoms with Crippen molar-refractivity contribution in [3.63, 3.8) is 0 Å². The predicted octanol–water partition coefficient (Wildman–Crippen LogP) is 2.65. The van der Waals surface area contributed by atoms with E-state index in [0.29, 0.717) is 30.0 Å². The van der Waals surface area contributed by atoms with E-state index < -0.39 is 5.82 Å². The van der Waals surface area contributed by atoms with Gasteiger partial charge in [0.1, 0.15) is 11.6 Å². The Morgan fingerprint density at radius 1 is 1.08 bits per heavy atom. The molecular weight excluding hydrogens is 335 g/mol. The minimum Gasteiger partial charge on any atom is -0.466 e. The van der Waals surface area contributed by atoms with Crippen LogP contribution in [0.1, 0.15) is 21.5 Å². The van der Waals surface area contributed by atoms with E-state index in [1.165, 1.54) is 17.7 Å². The quantitative estimate of drug-likeness (QED) is 0.848. The number of rotatable bonds is 3. The van der Waals surface area contributed by atoms with Crippen LogP contribution in [-0.4, -0.2) is 48.7 Å². The van der Waals surface area contributed by atoms with Gasteiger partial charge in [0.05, 0.1) is 12.2 Å². The van der Waals surface area contributed by atoms with Crippen LogP contribution in [0.3, 0.4) is 0 Å². The maximum absolute atomic E-state index is 13.9. The molecule has 0 aromatic heterocycles. The standard InChI is InChI=1S/C20H21FN2O3/c21-17-10-16-13-25-14-26-19(16)18(11-17)20(24)23-8-6-22(7-9-23)12-15-4-2-1-3-5-15/h1-5,10-11H,6-9,12-14H2. The highest BCUT2D eigenvalue weighted by Gasteiger charge is 2.27. The zero-order valence-corrected chi connectivity index (χ0v) is 14.5. The fourth-order valence-corrected chi connectivity index (χ4v) is 3.46. The number of fused-ring (bicyclic) bond motifs is 1. The molecule has 5 nitrogen and oxygen atoms in total. The maximum Gasteiger partial charge on any atom is 0.257 e. The molecule has 0 radical (unpaired) electrons. The molecule has 1 amide bonds. The molecule has 0 saturated carbocycles. The van der Waals surface area contributed by atoms with Crippen LogP contribution in [0, 0.1) is 5.82 Å². The second kappa shape index (κ2) is 7.43. The predicted molar refractivity (Wildman–Crippen MR) is 94.3 cm³/mol. The molecular formula is C20H21FN2O3. The summed E-state index contributed by atoms with van der Waals surface area (Å²) in [6, 6.07) is 12.9. The summed E-state index contributed by atoms with van der Waals surface area (Å²) < 4.78 is 24.6. The molecule has 2 aromatic carbocycles.